The number of hydrogen-bond donors (Lipinski definition) is 1. The minimum absolute atomic E-state index is 0.0905. The summed E-state index contributed by atoms with van der Waals surface area (Å²) < 4.78 is 45.8. The third kappa shape index (κ3) is 7.81. The Morgan fingerprint density at radius 2 is 1.50 bits per heavy atom. The van der Waals surface area contributed by atoms with Gasteiger partial charge in [-0.25, -0.2) is 9.59 Å². The zero-order chi connectivity index (χ0) is 22.0. The lowest BCUT2D eigenvalue weighted by Crippen LogP contribution is -2.52. The van der Waals surface area contributed by atoms with Crippen molar-refractivity contribution < 1.29 is 41.6 Å². The van der Waals surface area contributed by atoms with E-state index in [4.69, 9.17) is 18.8 Å². The molecule has 0 amide bonds. The van der Waals surface area contributed by atoms with Gasteiger partial charge in [-0.05, 0) is 33.1 Å². The number of carbonyl (C=O) groups excluding carboxylic acids is 3. The highest BCUT2D eigenvalue weighted by molar-refractivity contribution is 7.85. The lowest BCUT2D eigenvalue weighted by atomic mass is 9.75. The van der Waals surface area contributed by atoms with Crippen molar-refractivity contribution in [2.24, 2.45) is 5.41 Å². The molecule has 160 valence electrons. The molecule has 1 N–H and O–H groups in total. The van der Waals surface area contributed by atoms with Crippen LogP contribution in [0.25, 0.3) is 0 Å². The van der Waals surface area contributed by atoms with E-state index >= 15 is 0 Å². The molecule has 0 saturated heterocycles. The summed E-state index contributed by atoms with van der Waals surface area (Å²) in [5.41, 5.74) is -1.50. The van der Waals surface area contributed by atoms with Gasteiger partial charge in [0.15, 0.2) is 0 Å². The maximum atomic E-state index is 12.9. The average Bonchev–Trinajstić information content (AvgIpc) is 2.61. The van der Waals surface area contributed by atoms with E-state index in [1.54, 1.807) is 6.92 Å². The molecule has 0 rings (SSSR count). The first-order valence-electron chi connectivity index (χ1n) is 8.73. The van der Waals surface area contributed by atoms with E-state index in [0.29, 0.717) is 0 Å². The van der Waals surface area contributed by atoms with E-state index in [1.165, 1.54) is 13.8 Å². The molecular weight excluding hydrogens is 392 g/mol. The molecule has 0 aliphatic carbocycles. The van der Waals surface area contributed by atoms with Crippen molar-refractivity contribution >= 4 is 28.0 Å². The summed E-state index contributed by atoms with van der Waals surface area (Å²) in [5, 5.41) is 0. The molecule has 0 heterocycles. The molecule has 0 radical (unpaired) electrons. The van der Waals surface area contributed by atoms with Crippen LogP contribution in [0.15, 0.2) is 25.3 Å². The van der Waals surface area contributed by atoms with Crippen LogP contribution in [0.1, 0.15) is 40.0 Å². The van der Waals surface area contributed by atoms with E-state index in [2.05, 4.69) is 13.2 Å². The van der Waals surface area contributed by atoms with Crippen molar-refractivity contribution in [1.29, 1.82) is 0 Å². The van der Waals surface area contributed by atoms with Crippen LogP contribution < -0.4 is 0 Å². The van der Waals surface area contributed by atoms with Crippen molar-refractivity contribution in [3.05, 3.63) is 25.3 Å². The highest BCUT2D eigenvalue weighted by atomic mass is 32.2. The van der Waals surface area contributed by atoms with Gasteiger partial charge in [0.05, 0.1) is 12.4 Å². The second-order valence-electron chi connectivity index (χ2n) is 6.09. The molecule has 0 aromatic carbocycles. The first kappa shape index (κ1) is 25.8. The third-order valence-electron chi connectivity index (χ3n) is 4.36. The maximum absolute atomic E-state index is 12.9. The van der Waals surface area contributed by atoms with E-state index in [9.17, 15) is 22.8 Å². The Kier molecular flexibility index (Phi) is 10.7. The summed E-state index contributed by atoms with van der Waals surface area (Å²) in [4.78, 5) is 36.1. The zero-order valence-corrected chi connectivity index (χ0v) is 17.2. The van der Waals surface area contributed by atoms with E-state index in [-0.39, 0.29) is 25.9 Å². The number of esters is 3. The number of unbranched alkanes of at least 4 members (excludes halogenated alkanes) is 1. The molecule has 0 fully saturated rings. The standard InChI is InChI=1S/C18H28O9S/c1-6-15(19)26-13(4)18(8-3,14(5)27-16(20)7-2)17(21)25-11-9-10-12-28(22,23)24/h6-7,13-14H,1-2,8-12H2,3-5H3,(H,22,23,24). The summed E-state index contributed by atoms with van der Waals surface area (Å²) in [6.45, 7) is 11.1. The molecule has 0 saturated carbocycles. The Bertz CT molecular complexity index is 653. The Labute approximate surface area is 165 Å². The molecule has 9 nitrogen and oxygen atoms in total. The largest absolute Gasteiger partial charge is 0.465 e. The monoisotopic (exact) mass is 420 g/mol. The Morgan fingerprint density at radius 1 is 1.04 bits per heavy atom. The van der Waals surface area contributed by atoms with E-state index < -0.39 is 51.4 Å². The van der Waals surface area contributed by atoms with Gasteiger partial charge >= 0.3 is 17.9 Å². The Morgan fingerprint density at radius 3 is 1.86 bits per heavy atom. The third-order valence-corrected chi connectivity index (χ3v) is 5.17. The minimum Gasteiger partial charge on any atom is -0.465 e. The molecule has 0 aromatic rings. The fourth-order valence-electron chi connectivity index (χ4n) is 2.72. The van der Waals surface area contributed by atoms with Gasteiger partial charge in [0.2, 0.25) is 0 Å². The van der Waals surface area contributed by atoms with Crippen molar-refractivity contribution in [3.8, 4) is 0 Å². The van der Waals surface area contributed by atoms with Gasteiger partial charge in [0.25, 0.3) is 10.1 Å². The SMILES string of the molecule is C=CC(=O)OC(C)C(CC)(C(=O)OCCCCS(=O)(=O)O)C(C)OC(=O)C=C. The normalized spacial score (nSPS) is 15.4. The summed E-state index contributed by atoms with van der Waals surface area (Å²) in [6.07, 6.45) is 0.256. The fourth-order valence-corrected chi connectivity index (χ4v) is 3.29. The zero-order valence-electron chi connectivity index (χ0n) is 16.4. The molecule has 10 heteroatoms. The van der Waals surface area contributed by atoms with Gasteiger partial charge in [-0.3, -0.25) is 9.35 Å². The summed E-state index contributed by atoms with van der Waals surface area (Å²) in [6, 6.07) is 0. The van der Waals surface area contributed by atoms with Crippen molar-refractivity contribution in [3.63, 3.8) is 0 Å². The van der Waals surface area contributed by atoms with Gasteiger partial charge in [-0.1, -0.05) is 20.1 Å². The van der Waals surface area contributed by atoms with Gasteiger partial charge in [-0.15, -0.1) is 0 Å². The topological polar surface area (TPSA) is 133 Å². The van der Waals surface area contributed by atoms with Crippen molar-refractivity contribution in [2.45, 2.75) is 52.2 Å². The van der Waals surface area contributed by atoms with Crippen molar-refractivity contribution in [1.82, 2.24) is 0 Å². The molecular formula is C18H28O9S. The van der Waals surface area contributed by atoms with E-state index in [1.807, 2.05) is 0 Å². The van der Waals surface area contributed by atoms with Crippen LogP contribution in [0.4, 0.5) is 0 Å². The van der Waals surface area contributed by atoms with Crippen LogP contribution in [0, 0.1) is 5.41 Å². The number of hydrogen-bond acceptors (Lipinski definition) is 8. The van der Waals surface area contributed by atoms with Crippen LogP contribution in [0.3, 0.4) is 0 Å². The quantitative estimate of drug-likeness (QED) is 0.156. The van der Waals surface area contributed by atoms with Crippen molar-refractivity contribution in [2.75, 3.05) is 12.4 Å². The molecule has 0 spiro atoms. The predicted molar refractivity (Wildman–Crippen MR) is 101 cm³/mol. The highest BCUT2D eigenvalue weighted by Crippen LogP contribution is 2.37. The first-order chi connectivity index (χ1) is 12.9. The Balaban J connectivity index is 5.40. The van der Waals surface area contributed by atoms with Gasteiger partial charge in [0, 0.05) is 12.2 Å². The van der Waals surface area contributed by atoms with Crippen LogP contribution in [0.2, 0.25) is 0 Å². The molecule has 0 bridgehead atoms. The Hall–Kier alpha value is -2.20. The van der Waals surface area contributed by atoms with Gasteiger partial charge < -0.3 is 14.2 Å². The highest BCUT2D eigenvalue weighted by Gasteiger charge is 2.52. The maximum Gasteiger partial charge on any atom is 0.330 e. The average molecular weight is 420 g/mol. The molecule has 0 aliphatic heterocycles. The fraction of sp³-hybridized carbons (Fsp3) is 0.611. The van der Waals surface area contributed by atoms with E-state index in [0.717, 1.165) is 12.2 Å². The van der Waals surface area contributed by atoms with Crippen LogP contribution in [0.5, 0.6) is 0 Å². The second kappa shape index (κ2) is 11.6. The van der Waals surface area contributed by atoms with Gasteiger partial charge in [0.1, 0.15) is 17.6 Å². The molecule has 0 aliphatic rings. The lowest BCUT2D eigenvalue weighted by Gasteiger charge is -2.39. The number of carbonyl (C=O) groups is 3. The van der Waals surface area contributed by atoms with Crippen LogP contribution >= 0.6 is 0 Å². The van der Waals surface area contributed by atoms with Crippen LogP contribution in [-0.4, -0.2) is 55.4 Å². The molecule has 2 atom stereocenters. The number of rotatable bonds is 13. The summed E-state index contributed by atoms with van der Waals surface area (Å²) >= 11 is 0. The molecule has 2 unspecified atom stereocenters. The lowest BCUT2D eigenvalue weighted by molar-refractivity contribution is -0.187. The number of ether oxygens (including phenoxy) is 3. The predicted octanol–water partition coefficient (Wildman–Crippen LogP) is 1.83. The first-order valence-corrected chi connectivity index (χ1v) is 10.3. The summed E-state index contributed by atoms with van der Waals surface area (Å²) in [7, 11) is -4.09. The molecule has 28 heavy (non-hydrogen) atoms. The smallest absolute Gasteiger partial charge is 0.330 e. The second-order valence-corrected chi connectivity index (χ2v) is 7.66. The summed E-state index contributed by atoms with van der Waals surface area (Å²) in [5.74, 6) is -2.73. The van der Waals surface area contributed by atoms with Gasteiger partial charge in [-0.2, -0.15) is 8.42 Å². The minimum atomic E-state index is -4.09. The molecule has 0 aromatic heterocycles. The van der Waals surface area contributed by atoms with Crippen LogP contribution in [-0.2, 0) is 38.7 Å².